The van der Waals surface area contributed by atoms with Gasteiger partial charge in [-0.25, -0.2) is 19.7 Å². The molecule has 3 aromatic heterocycles. The number of anilines is 3. The average Bonchev–Trinajstić information content (AvgIpc) is 3.15. The van der Waals surface area contributed by atoms with E-state index >= 15 is 0 Å². The number of nitrogens with zero attached hydrogens (tertiary/aromatic N) is 6. The SMILES string of the molecule is O=C(Cn1c(=O)oc2ccccc21)Nc1cnc(N2CCN(c3ccccn3)CC2)nc1. The molecule has 1 aromatic carbocycles. The van der Waals surface area contributed by atoms with Crippen LogP contribution in [-0.4, -0.2) is 51.6 Å². The molecular formula is C22H21N7O3. The lowest BCUT2D eigenvalue weighted by Gasteiger charge is -2.35. The van der Waals surface area contributed by atoms with Gasteiger partial charge in [0.2, 0.25) is 11.9 Å². The predicted molar refractivity (Wildman–Crippen MR) is 120 cm³/mol. The molecule has 0 spiro atoms. The molecule has 1 amide bonds. The van der Waals surface area contributed by atoms with Crippen LogP contribution in [0.1, 0.15) is 0 Å². The second kappa shape index (κ2) is 8.50. The van der Waals surface area contributed by atoms with Gasteiger partial charge in [-0.1, -0.05) is 18.2 Å². The fourth-order valence-electron chi connectivity index (χ4n) is 3.73. The van der Waals surface area contributed by atoms with Crippen molar-refractivity contribution in [2.75, 3.05) is 41.3 Å². The molecule has 0 bridgehead atoms. The third-order valence-corrected chi connectivity index (χ3v) is 5.33. The van der Waals surface area contributed by atoms with Crippen molar-refractivity contribution in [2.45, 2.75) is 6.54 Å². The largest absolute Gasteiger partial charge is 0.420 e. The number of hydrogen-bond donors (Lipinski definition) is 1. The molecule has 0 unspecified atom stereocenters. The number of carbonyl (C=O) groups excluding carboxylic acids is 1. The van der Waals surface area contributed by atoms with E-state index in [1.54, 1.807) is 42.9 Å². The topological polar surface area (TPSA) is 109 Å². The number of benzene rings is 1. The molecule has 1 N–H and O–H groups in total. The number of nitrogens with one attached hydrogen (secondary N) is 1. The van der Waals surface area contributed by atoms with Gasteiger partial charge in [-0.05, 0) is 24.3 Å². The monoisotopic (exact) mass is 431 g/mol. The van der Waals surface area contributed by atoms with E-state index in [1.807, 2.05) is 18.2 Å². The van der Waals surface area contributed by atoms with E-state index in [9.17, 15) is 9.59 Å². The highest BCUT2D eigenvalue weighted by Crippen LogP contribution is 2.17. The van der Waals surface area contributed by atoms with E-state index in [1.165, 1.54) is 4.57 Å². The Kier molecular flexibility index (Phi) is 5.24. The molecule has 4 heterocycles. The van der Waals surface area contributed by atoms with Crippen molar-refractivity contribution in [1.29, 1.82) is 0 Å². The molecule has 1 aliphatic rings. The van der Waals surface area contributed by atoms with Crippen LogP contribution in [0.2, 0.25) is 0 Å². The van der Waals surface area contributed by atoms with Crippen molar-refractivity contribution in [1.82, 2.24) is 19.5 Å². The van der Waals surface area contributed by atoms with Crippen molar-refractivity contribution < 1.29 is 9.21 Å². The van der Waals surface area contributed by atoms with Gasteiger partial charge in [0.15, 0.2) is 5.58 Å². The molecule has 0 aliphatic carbocycles. The van der Waals surface area contributed by atoms with Crippen molar-refractivity contribution >= 4 is 34.5 Å². The molecule has 10 nitrogen and oxygen atoms in total. The van der Waals surface area contributed by atoms with Gasteiger partial charge in [0.25, 0.3) is 0 Å². The second-order valence-electron chi connectivity index (χ2n) is 7.40. The number of aromatic nitrogens is 4. The van der Waals surface area contributed by atoms with Crippen LogP contribution in [-0.2, 0) is 11.3 Å². The summed E-state index contributed by atoms with van der Waals surface area (Å²) in [5, 5.41) is 2.73. The molecule has 10 heteroatoms. The van der Waals surface area contributed by atoms with Gasteiger partial charge in [0.05, 0.1) is 23.6 Å². The van der Waals surface area contributed by atoms with Crippen LogP contribution in [0.25, 0.3) is 11.1 Å². The van der Waals surface area contributed by atoms with Crippen molar-refractivity contribution in [3.8, 4) is 0 Å². The summed E-state index contributed by atoms with van der Waals surface area (Å²) in [6, 6.07) is 12.9. The van der Waals surface area contributed by atoms with E-state index in [4.69, 9.17) is 4.42 Å². The molecule has 1 aliphatic heterocycles. The van der Waals surface area contributed by atoms with Gasteiger partial charge < -0.3 is 19.5 Å². The lowest BCUT2D eigenvalue weighted by Crippen LogP contribution is -2.47. The summed E-state index contributed by atoms with van der Waals surface area (Å²) in [6.07, 6.45) is 4.94. The molecule has 5 rings (SSSR count). The number of hydrogen-bond acceptors (Lipinski definition) is 8. The van der Waals surface area contributed by atoms with Gasteiger partial charge in [-0.3, -0.25) is 9.36 Å². The average molecular weight is 431 g/mol. The number of pyridine rings is 1. The van der Waals surface area contributed by atoms with Crippen LogP contribution in [0.4, 0.5) is 17.5 Å². The molecule has 32 heavy (non-hydrogen) atoms. The minimum absolute atomic E-state index is 0.160. The first kappa shape index (κ1) is 19.7. The fourth-order valence-corrected chi connectivity index (χ4v) is 3.73. The van der Waals surface area contributed by atoms with Crippen LogP contribution in [0.5, 0.6) is 0 Å². The zero-order chi connectivity index (χ0) is 21.9. The summed E-state index contributed by atoms with van der Waals surface area (Å²) in [6.45, 7) is 3.04. The predicted octanol–water partition coefficient (Wildman–Crippen LogP) is 1.74. The van der Waals surface area contributed by atoms with Gasteiger partial charge in [0.1, 0.15) is 12.4 Å². The molecule has 0 radical (unpaired) electrons. The highest BCUT2D eigenvalue weighted by molar-refractivity contribution is 5.91. The van der Waals surface area contributed by atoms with Gasteiger partial charge in [-0.15, -0.1) is 0 Å². The van der Waals surface area contributed by atoms with Crippen molar-refractivity contribution in [3.05, 3.63) is 71.6 Å². The van der Waals surface area contributed by atoms with Crippen molar-refractivity contribution in [2.24, 2.45) is 0 Å². The summed E-state index contributed by atoms with van der Waals surface area (Å²) >= 11 is 0. The maximum absolute atomic E-state index is 12.4. The molecular weight excluding hydrogens is 410 g/mol. The molecule has 4 aromatic rings. The van der Waals surface area contributed by atoms with E-state index in [2.05, 4.69) is 30.1 Å². The normalized spacial score (nSPS) is 14.0. The number of rotatable bonds is 5. The highest BCUT2D eigenvalue weighted by atomic mass is 16.4. The maximum atomic E-state index is 12.4. The summed E-state index contributed by atoms with van der Waals surface area (Å²) in [7, 11) is 0. The molecule has 0 saturated carbocycles. The first-order chi connectivity index (χ1) is 15.7. The minimum Gasteiger partial charge on any atom is -0.408 e. The summed E-state index contributed by atoms with van der Waals surface area (Å²) in [5.41, 5.74) is 1.48. The van der Waals surface area contributed by atoms with E-state index in [0.29, 0.717) is 22.7 Å². The van der Waals surface area contributed by atoms with Crippen LogP contribution in [0.15, 0.2) is 70.3 Å². The van der Waals surface area contributed by atoms with Gasteiger partial charge >= 0.3 is 5.76 Å². The fraction of sp³-hybridized carbons (Fsp3) is 0.227. The quantitative estimate of drug-likeness (QED) is 0.509. The highest BCUT2D eigenvalue weighted by Gasteiger charge is 2.20. The number of oxazole rings is 1. The number of para-hydroxylation sites is 2. The molecule has 1 saturated heterocycles. The van der Waals surface area contributed by atoms with E-state index in [-0.39, 0.29) is 12.5 Å². The zero-order valence-corrected chi connectivity index (χ0v) is 17.2. The van der Waals surface area contributed by atoms with Crippen LogP contribution < -0.4 is 20.9 Å². The lowest BCUT2D eigenvalue weighted by molar-refractivity contribution is -0.116. The third-order valence-electron chi connectivity index (χ3n) is 5.33. The number of carbonyl (C=O) groups is 1. The first-order valence-corrected chi connectivity index (χ1v) is 10.3. The van der Waals surface area contributed by atoms with E-state index < -0.39 is 5.76 Å². The van der Waals surface area contributed by atoms with Crippen LogP contribution in [0, 0.1) is 0 Å². The Labute approximate surface area is 183 Å². The molecule has 0 atom stereocenters. The number of fused-ring (bicyclic) bond motifs is 1. The summed E-state index contributed by atoms with van der Waals surface area (Å²) in [5.74, 6) is 0.646. The maximum Gasteiger partial charge on any atom is 0.420 e. The Morgan fingerprint density at radius 3 is 2.41 bits per heavy atom. The standard InChI is InChI=1S/C22H21N7O3/c30-20(15-29-17-5-1-2-6-18(17)32-22(29)31)26-16-13-24-21(25-14-16)28-11-9-27(10-12-28)19-7-3-4-8-23-19/h1-8,13-14H,9-12,15H2,(H,26,30). The number of piperazine rings is 1. The first-order valence-electron chi connectivity index (χ1n) is 10.3. The van der Waals surface area contributed by atoms with E-state index in [0.717, 1.165) is 32.0 Å². The second-order valence-corrected chi connectivity index (χ2v) is 7.40. The Morgan fingerprint density at radius 1 is 0.938 bits per heavy atom. The molecule has 1 fully saturated rings. The summed E-state index contributed by atoms with van der Waals surface area (Å²) < 4.78 is 6.45. The van der Waals surface area contributed by atoms with Crippen molar-refractivity contribution in [3.63, 3.8) is 0 Å². The zero-order valence-electron chi connectivity index (χ0n) is 17.2. The van der Waals surface area contributed by atoms with Crippen LogP contribution >= 0.6 is 0 Å². The van der Waals surface area contributed by atoms with Crippen LogP contribution in [0.3, 0.4) is 0 Å². The third kappa shape index (κ3) is 4.02. The van der Waals surface area contributed by atoms with Gasteiger partial charge in [-0.2, -0.15) is 0 Å². The summed E-state index contributed by atoms with van der Waals surface area (Å²) in [4.78, 5) is 42.0. The smallest absolute Gasteiger partial charge is 0.408 e. The molecule has 162 valence electrons. The Hall–Kier alpha value is -4.21. The Balaban J connectivity index is 1.19. The Morgan fingerprint density at radius 2 is 1.66 bits per heavy atom. The minimum atomic E-state index is -0.571. The van der Waals surface area contributed by atoms with Gasteiger partial charge in [0, 0.05) is 32.4 Å². The number of amides is 1. The lowest BCUT2D eigenvalue weighted by atomic mass is 10.3. The Bertz CT molecular complexity index is 1280.